The molecule has 0 aliphatic heterocycles. The third-order valence-corrected chi connectivity index (χ3v) is 2.71. The van der Waals surface area contributed by atoms with Crippen LogP contribution in [0.15, 0.2) is 53.4 Å². The van der Waals surface area contributed by atoms with Gasteiger partial charge in [0.2, 0.25) is 0 Å². The average Bonchev–Trinajstić information content (AvgIpc) is 2.91. The molecule has 0 N–H and O–H groups in total. The minimum atomic E-state index is -0.0175. The lowest BCUT2D eigenvalue weighted by Gasteiger charge is -2.02. The van der Waals surface area contributed by atoms with Crippen LogP contribution in [0.4, 0.5) is 0 Å². The number of para-hydroxylation sites is 1. The van der Waals surface area contributed by atoms with Crippen LogP contribution in [0.3, 0.4) is 0 Å². The Morgan fingerprint density at radius 3 is 2.83 bits per heavy atom. The molecular formula is C14H10N2O2. The number of carbonyl (C=O) groups is 1. The van der Waals surface area contributed by atoms with Gasteiger partial charge in [-0.1, -0.05) is 6.07 Å². The van der Waals surface area contributed by atoms with E-state index in [0.29, 0.717) is 16.8 Å². The molecule has 0 unspecified atom stereocenters. The number of furan rings is 1. The summed E-state index contributed by atoms with van der Waals surface area (Å²) in [4.78, 5) is 20.6. The minimum absolute atomic E-state index is 0.0175. The van der Waals surface area contributed by atoms with Gasteiger partial charge in [0.05, 0.1) is 23.7 Å². The van der Waals surface area contributed by atoms with Gasteiger partial charge in [-0.2, -0.15) is 0 Å². The molecule has 88 valence electrons. The molecule has 3 rings (SSSR count). The van der Waals surface area contributed by atoms with E-state index in [1.54, 1.807) is 36.9 Å². The zero-order valence-electron chi connectivity index (χ0n) is 9.54. The fourth-order valence-electron chi connectivity index (χ4n) is 1.88. The van der Waals surface area contributed by atoms with Crippen LogP contribution < -0.4 is 0 Å². The van der Waals surface area contributed by atoms with Crippen LogP contribution in [0, 0.1) is 0 Å². The Hall–Kier alpha value is -2.49. The van der Waals surface area contributed by atoms with Crippen molar-refractivity contribution in [3.8, 4) is 0 Å². The lowest BCUT2D eigenvalue weighted by Crippen LogP contribution is -2.04. The van der Waals surface area contributed by atoms with E-state index in [4.69, 9.17) is 4.42 Å². The molecule has 1 aromatic carbocycles. The Kier molecular flexibility index (Phi) is 2.61. The second-order valence-electron chi connectivity index (χ2n) is 3.91. The topological polar surface area (TPSA) is 56.0 Å². The Labute approximate surface area is 103 Å². The lowest BCUT2D eigenvalue weighted by molar-refractivity contribution is 0.0988. The molecule has 0 spiro atoms. The van der Waals surface area contributed by atoms with E-state index in [-0.39, 0.29) is 12.2 Å². The minimum Gasteiger partial charge on any atom is -0.469 e. The summed E-state index contributed by atoms with van der Waals surface area (Å²) in [5, 5.41) is 0. The van der Waals surface area contributed by atoms with Crippen molar-refractivity contribution >= 4 is 16.8 Å². The molecule has 0 saturated heterocycles. The first kappa shape index (κ1) is 10.7. The fourth-order valence-corrected chi connectivity index (χ4v) is 1.88. The van der Waals surface area contributed by atoms with Crippen LogP contribution in [0.1, 0.15) is 16.1 Å². The molecule has 0 radical (unpaired) electrons. The predicted octanol–water partition coefficient (Wildman–Crippen LogP) is 2.65. The molecule has 0 aliphatic rings. The Balaban J connectivity index is 2.01. The number of hydrogen-bond acceptors (Lipinski definition) is 4. The number of carbonyl (C=O) groups excluding carboxylic acids is 1. The zero-order valence-corrected chi connectivity index (χ0v) is 9.54. The number of nitrogens with zero attached hydrogens (tertiary/aromatic N) is 2. The van der Waals surface area contributed by atoms with Crippen LogP contribution in [0.2, 0.25) is 0 Å². The largest absolute Gasteiger partial charge is 0.469 e. The molecule has 4 nitrogen and oxygen atoms in total. The molecule has 2 heterocycles. The summed E-state index contributed by atoms with van der Waals surface area (Å²) in [5.74, 6) is 0.636. The van der Waals surface area contributed by atoms with Crippen LogP contribution in [0.5, 0.6) is 0 Å². The highest BCUT2D eigenvalue weighted by Crippen LogP contribution is 2.16. The second-order valence-corrected chi connectivity index (χ2v) is 3.91. The quantitative estimate of drug-likeness (QED) is 0.658. The molecule has 0 aliphatic carbocycles. The standard InChI is InChI=1S/C14H10N2O2/c17-13(9-10-3-2-8-18-10)11-4-1-5-12-14(11)16-7-6-15-12/h1-8H,9H2. The van der Waals surface area contributed by atoms with E-state index < -0.39 is 0 Å². The summed E-state index contributed by atoms with van der Waals surface area (Å²) in [6.45, 7) is 0. The highest BCUT2D eigenvalue weighted by Gasteiger charge is 2.13. The van der Waals surface area contributed by atoms with Crippen molar-refractivity contribution in [2.75, 3.05) is 0 Å². The molecule has 2 aromatic heterocycles. The maximum atomic E-state index is 12.2. The van der Waals surface area contributed by atoms with Crippen LogP contribution >= 0.6 is 0 Å². The molecule has 0 fully saturated rings. The second kappa shape index (κ2) is 4.41. The molecule has 0 saturated carbocycles. The molecular weight excluding hydrogens is 228 g/mol. The van der Waals surface area contributed by atoms with Crippen molar-refractivity contribution in [1.82, 2.24) is 9.97 Å². The van der Waals surface area contributed by atoms with Crippen LogP contribution in [0.25, 0.3) is 11.0 Å². The van der Waals surface area contributed by atoms with Gasteiger partial charge in [0.15, 0.2) is 5.78 Å². The van der Waals surface area contributed by atoms with Crippen LogP contribution in [-0.2, 0) is 6.42 Å². The third-order valence-electron chi connectivity index (χ3n) is 2.71. The lowest BCUT2D eigenvalue weighted by atomic mass is 10.1. The summed E-state index contributed by atoms with van der Waals surface area (Å²) < 4.78 is 5.18. The monoisotopic (exact) mass is 238 g/mol. The molecule has 18 heavy (non-hydrogen) atoms. The first-order valence-electron chi connectivity index (χ1n) is 5.60. The van der Waals surface area contributed by atoms with Crippen molar-refractivity contribution < 1.29 is 9.21 Å². The number of aromatic nitrogens is 2. The summed E-state index contributed by atoms with van der Waals surface area (Å²) in [6.07, 6.45) is 5.00. The number of rotatable bonds is 3. The van der Waals surface area contributed by atoms with Crippen LogP contribution in [-0.4, -0.2) is 15.8 Å². The average molecular weight is 238 g/mol. The maximum absolute atomic E-state index is 12.2. The Morgan fingerprint density at radius 2 is 2.00 bits per heavy atom. The van der Waals surface area contributed by atoms with E-state index in [2.05, 4.69) is 9.97 Å². The Bertz CT molecular complexity index is 685. The van der Waals surface area contributed by atoms with E-state index >= 15 is 0 Å². The number of ketones is 1. The van der Waals surface area contributed by atoms with Gasteiger partial charge in [-0.05, 0) is 24.3 Å². The number of fused-ring (bicyclic) bond motifs is 1. The van der Waals surface area contributed by atoms with Crippen molar-refractivity contribution in [3.05, 3.63) is 60.3 Å². The molecule has 3 aromatic rings. The Morgan fingerprint density at radius 1 is 1.11 bits per heavy atom. The van der Waals surface area contributed by atoms with Gasteiger partial charge in [-0.3, -0.25) is 14.8 Å². The first-order chi connectivity index (χ1) is 8.84. The third kappa shape index (κ3) is 1.88. The van der Waals surface area contributed by atoms with Gasteiger partial charge in [0.1, 0.15) is 5.76 Å². The van der Waals surface area contributed by atoms with Crippen molar-refractivity contribution in [3.63, 3.8) is 0 Å². The van der Waals surface area contributed by atoms with E-state index in [9.17, 15) is 4.79 Å². The first-order valence-corrected chi connectivity index (χ1v) is 5.60. The number of benzene rings is 1. The van der Waals surface area contributed by atoms with Gasteiger partial charge < -0.3 is 4.42 Å². The predicted molar refractivity (Wildman–Crippen MR) is 66.3 cm³/mol. The summed E-state index contributed by atoms with van der Waals surface area (Å²) >= 11 is 0. The maximum Gasteiger partial charge on any atom is 0.172 e. The smallest absolute Gasteiger partial charge is 0.172 e. The van der Waals surface area contributed by atoms with Gasteiger partial charge in [-0.25, -0.2) is 0 Å². The molecule has 0 atom stereocenters. The van der Waals surface area contributed by atoms with Gasteiger partial charge in [-0.15, -0.1) is 0 Å². The van der Waals surface area contributed by atoms with Gasteiger partial charge in [0, 0.05) is 18.0 Å². The fraction of sp³-hybridized carbons (Fsp3) is 0.0714. The van der Waals surface area contributed by atoms with Gasteiger partial charge in [0.25, 0.3) is 0 Å². The zero-order chi connectivity index (χ0) is 12.4. The highest BCUT2D eigenvalue weighted by atomic mass is 16.3. The normalized spacial score (nSPS) is 10.7. The van der Waals surface area contributed by atoms with E-state index in [1.807, 2.05) is 12.1 Å². The number of Topliss-reactive ketones (excluding diaryl/α,β-unsaturated/α-hetero) is 1. The molecule has 0 bridgehead atoms. The van der Waals surface area contributed by atoms with Gasteiger partial charge >= 0.3 is 0 Å². The van der Waals surface area contributed by atoms with Crippen molar-refractivity contribution in [2.24, 2.45) is 0 Å². The SMILES string of the molecule is O=C(Cc1ccco1)c1cccc2nccnc12. The van der Waals surface area contributed by atoms with E-state index in [1.165, 1.54) is 0 Å². The van der Waals surface area contributed by atoms with Crippen molar-refractivity contribution in [1.29, 1.82) is 0 Å². The highest BCUT2D eigenvalue weighted by molar-refractivity contribution is 6.06. The molecule has 0 amide bonds. The van der Waals surface area contributed by atoms with Crippen molar-refractivity contribution in [2.45, 2.75) is 6.42 Å². The summed E-state index contributed by atoms with van der Waals surface area (Å²) in [6, 6.07) is 8.97. The number of hydrogen-bond donors (Lipinski definition) is 0. The van der Waals surface area contributed by atoms with E-state index in [0.717, 1.165) is 5.52 Å². The molecule has 4 heteroatoms. The summed E-state index contributed by atoms with van der Waals surface area (Å²) in [7, 11) is 0. The summed E-state index contributed by atoms with van der Waals surface area (Å²) in [5.41, 5.74) is 1.94.